The zero-order valence-corrected chi connectivity index (χ0v) is 15.6. The van der Waals surface area contributed by atoms with Crippen LogP contribution >= 0.6 is 11.8 Å². The lowest BCUT2D eigenvalue weighted by atomic mass is 10.2. The lowest BCUT2D eigenvalue weighted by Crippen LogP contribution is -2.27. The molecule has 142 valence electrons. The fourth-order valence-corrected chi connectivity index (χ4v) is 3.02. The summed E-state index contributed by atoms with van der Waals surface area (Å²) in [5, 5.41) is 4.50. The number of aliphatic hydroxyl groups is 1. The maximum absolute atomic E-state index is 12.3. The van der Waals surface area contributed by atoms with E-state index in [1.165, 1.54) is 6.33 Å². The molecular weight excluding hydrogens is 360 g/mol. The van der Waals surface area contributed by atoms with Crippen LogP contribution in [0.1, 0.15) is 12.6 Å². The quantitative estimate of drug-likeness (QED) is 0.380. The van der Waals surface area contributed by atoms with Crippen LogP contribution in [-0.2, 0) is 9.47 Å². The van der Waals surface area contributed by atoms with Gasteiger partial charge in [0, 0.05) is 20.5 Å². The Morgan fingerprint density at radius 2 is 2.54 bits per heavy atom. The van der Waals surface area contributed by atoms with Crippen LogP contribution in [0.2, 0.25) is 0 Å². The van der Waals surface area contributed by atoms with E-state index in [-0.39, 0.29) is 35.8 Å². The highest BCUT2D eigenvalue weighted by Crippen LogP contribution is 2.32. The number of nitrogens with zero attached hydrogens (tertiary/aromatic N) is 5. The van der Waals surface area contributed by atoms with E-state index in [1.807, 2.05) is 20.4 Å². The Hall–Kier alpha value is -1.95. The van der Waals surface area contributed by atoms with Gasteiger partial charge in [-0.1, -0.05) is 0 Å². The van der Waals surface area contributed by atoms with Crippen molar-refractivity contribution in [2.24, 2.45) is 4.99 Å². The number of hydrogen-bond donors (Lipinski definition) is 2. The van der Waals surface area contributed by atoms with Crippen LogP contribution < -0.4 is 5.56 Å². The number of thioether (sulfide) groups is 1. The standard InChI is InChI=1S/C15H22N6O4S/c1-20(2)6-17-15-18-13-12(14(23)19-15)16-7-21(13)11-4-9(24-8-26-3)10(5-22)25-11/h6-7,9-11,22H,4-5,8H2,1-3H3,(H,18,19,23)/t9?,10-,11-/m1/s1/i22D. The molecule has 3 rings (SSSR count). The number of aromatic amines is 1. The molecule has 0 aromatic carbocycles. The van der Waals surface area contributed by atoms with E-state index in [9.17, 15) is 4.79 Å². The van der Waals surface area contributed by atoms with Crippen molar-refractivity contribution in [3.8, 4) is 0 Å². The number of hydrogen-bond acceptors (Lipinski definition) is 8. The van der Waals surface area contributed by atoms with Crippen molar-refractivity contribution in [1.82, 2.24) is 24.4 Å². The molecule has 1 fully saturated rings. The number of ether oxygens (including phenoxy) is 2. The highest BCUT2D eigenvalue weighted by Gasteiger charge is 2.37. The summed E-state index contributed by atoms with van der Waals surface area (Å²) in [5.41, 5.74) is 0.221. The van der Waals surface area contributed by atoms with Crippen LogP contribution in [0, 0.1) is 0 Å². The zero-order chi connectivity index (χ0) is 19.4. The number of imidazole rings is 1. The van der Waals surface area contributed by atoms with Gasteiger partial charge in [-0.2, -0.15) is 4.98 Å². The van der Waals surface area contributed by atoms with Gasteiger partial charge in [0.05, 0.1) is 31.3 Å². The Morgan fingerprint density at radius 3 is 3.27 bits per heavy atom. The van der Waals surface area contributed by atoms with E-state index in [4.69, 9.17) is 10.9 Å². The van der Waals surface area contributed by atoms with Crippen molar-refractivity contribution in [3.63, 3.8) is 0 Å². The SMILES string of the molecule is [2H]OC[C@H]1O[C@@H](n2cnc3c(=O)[nH]c(N=CN(C)C)nc32)CC1OCSC. The minimum atomic E-state index is -0.429. The van der Waals surface area contributed by atoms with Gasteiger partial charge in [0.1, 0.15) is 12.3 Å². The predicted octanol–water partition coefficient (Wildman–Crippen LogP) is 0.327. The molecule has 0 amide bonds. The average Bonchev–Trinajstić information content (AvgIpc) is 3.22. The summed E-state index contributed by atoms with van der Waals surface area (Å²) in [4.78, 5) is 29.3. The van der Waals surface area contributed by atoms with E-state index < -0.39 is 6.23 Å². The summed E-state index contributed by atoms with van der Waals surface area (Å²) in [7, 11) is 3.64. The van der Waals surface area contributed by atoms with Gasteiger partial charge < -0.3 is 19.5 Å². The Morgan fingerprint density at radius 1 is 1.69 bits per heavy atom. The summed E-state index contributed by atoms with van der Waals surface area (Å²) >= 11 is 1.56. The average molecular weight is 383 g/mol. The number of fused-ring (bicyclic) bond motifs is 1. The van der Waals surface area contributed by atoms with Crippen LogP contribution in [0.25, 0.3) is 11.2 Å². The van der Waals surface area contributed by atoms with Crippen LogP contribution in [0.3, 0.4) is 0 Å². The molecule has 0 spiro atoms. The maximum atomic E-state index is 12.3. The second-order valence-electron chi connectivity index (χ2n) is 6.06. The van der Waals surface area contributed by atoms with Gasteiger partial charge >= 0.3 is 0 Å². The molecule has 1 saturated heterocycles. The molecule has 0 saturated carbocycles. The van der Waals surface area contributed by atoms with Gasteiger partial charge in [0.15, 0.2) is 11.2 Å². The number of H-pyrrole nitrogens is 1. The second kappa shape index (κ2) is 8.16. The highest BCUT2D eigenvalue weighted by molar-refractivity contribution is 7.98. The summed E-state index contributed by atoms with van der Waals surface area (Å²) in [6.45, 7) is 0.0918. The van der Waals surface area contributed by atoms with Gasteiger partial charge in [-0.3, -0.25) is 14.3 Å². The number of aliphatic imine (C=N–C) groups is 1. The van der Waals surface area contributed by atoms with E-state index >= 15 is 0 Å². The maximum Gasteiger partial charge on any atom is 0.280 e. The largest absolute Gasteiger partial charge is 0.394 e. The second-order valence-corrected chi connectivity index (χ2v) is 6.88. The summed E-state index contributed by atoms with van der Waals surface area (Å²) in [6, 6.07) is 0. The van der Waals surface area contributed by atoms with Crippen molar-refractivity contribution < 1.29 is 14.6 Å². The van der Waals surface area contributed by atoms with Crippen molar-refractivity contribution in [1.29, 1.82) is 1.43 Å². The molecule has 1 unspecified atom stereocenters. The van der Waals surface area contributed by atoms with Gasteiger partial charge in [-0.25, -0.2) is 9.98 Å². The molecule has 1 aliphatic rings. The molecule has 1 aliphatic heterocycles. The Balaban J connectivity index is 1.91. The van der Waals surface area contributed by atoms with Crippen LogP contribution in [-0.4, -0.2) is 82.4 Å². The lowest BCUT2D eigenvalue weighted by molar-refractivity contribution is -0.0533. The topological polar surface area (TPSA) is 118 Å². The van der Waals surface area contributed by atoms with Gasteiger partial charge in [0.2, 0.25) is 7.38 Å². The minimum absolute atomic E-state index is 0.0918. The van der Waals surface area contributed by atoms with Gasteiger partial charge in [0.25, 0.3) is 5.56 Å². The predicted molar refractivity (Wildman–Crippen MR) is 98.9 cm³/mol. The lowest BCUT2D eigenvalue weighted by Gasteiger charge is -2.15. The number of rotatable bonds is 8. The van der Waals surface area contributed by atoms with Crippen molar-refractivity contribution >= 4 is 35.2 Å². The third-order valence-electron chi connectivity index (χ3n) is 3.89. The van der Waals surface area contributed by atoms with E-state index in [2.05, 4.69) is 25.1 Å². The molecule has 3 atom stereocenters. The van der Waals surface area contributed by atoms with Gasteiger partial charge in [-0.15, -0.1) is 11.8 Å². The van der Waals surface area contributed by atoms with E-state index in [0.29, 0.717) is 18.0 Å². The molecule has 2 aromatic heterocycles. The summed E-state index contributed by atoms with van der Waals surface area (Å²) < 4.78 is 20.5. The Kier molecular flexibility index (Phi) is 5.48. The van der Waals surface area contributed by atoms with E-state index in [1.54, 1.807) is 27.6 Å². The zero-order valence-electron chi connectivity index (χ0n) is 15.8. The first kappa shape index (κ1) is 17.5. The first-order valence-corrected chi connectivity index (χ1v) is 9.44. The monoisotopic (exact) mass is 383 g/mol. The van der Waals surface area contributed by atoms with Gasteiger partial charge in [-0.05, 0) is 6.26 Å². The molecular formula is C15H22N6O4S. The molecule has 11 heteroatoms. The first-order chi connectivity index (χ1) is 13.0. The van der Waals surface area contributed by atoms with E-state index in [0.717, 1.165) is 0 Å². The van der Waals surface area contributed by atoms with Crippen molar-refractivity contribution in [3.05, 3.63) is 16.7 Å². The molecule has 10 nitrogen and oxygen atoms in total. The number of nitrogens with one attached hydrogen (secondary N) is 1. The third kappa shape index (κ3) is 3.90. The number of aliphatic hydroxyl groups excluding tert-OH is 1. The molecule has 0 radical (unpaired) electrons. The molecule has 0 bridgehead atoms. The minimum Gasteiger partial charge on any atom is -0.394 e. The third-order valence-corrected chi connectivity index (χ3v) is 4.26. The molecule has 3 heterocycles. The fourth-order valence-electron chi connectivity index (χ4n) is 2.71. The Bertz CT molecular complexity index is 856. The van der Waals surface area contributed by atoms with Crippen LogP contribution in [0.5, 0.6) is 0 Å². The van der Waals surface area contributed by atoms with Crippen molar-refractivity contribution in [2.75, 3.05) is 32.9 Å². The molecule has 2 aromatic rings. The normalized spacial score (nSPS) is 23.8. The van der Waals surface area contributed by atoms with Crippen molar-refractivity contribution in [2.45, 2.75) is 24.9 Å². The fraction of sp³-hybridized carbons (Fsp3) is 0.600. The molecule has 2 N–H and O–H groups in total. The van der Waals surface area contributed by atoms with Crippen LogP contribution in [0.15, 0.2) is 16.1 Å². The smallest absolute Gasteiger partial charge is 0.280 e. The first-order valence-electron chi connectivity index (χ1n) is 8.46. The number of aromatic nitrogens is 4. The molecule has 26 heavy (non-hydrogen) atoms. The molecule has 0 aliphatic carbocycles. The highest BCUT2D eigenvalue weighted by atomic mass is 32.2. The summed E-state index contributed by atoms with van der Waals surface area (Å²) in [5.74, 6) is 0.698. The van der Waals surface area contributed by atoms with Crippen LogP contribution in [0.4, 0.5) is 5.95 Å². The summed E-state index contributed by atoms with van der Waals surface area (Å²) in [6.07, 6.45) is 4.51. The Labute approximate surface area is 155 Å².